The first kappa shape index (κ1) is 24.9. The fourth-order valence-electron chi connectivity index (χ4n) is 2.93. The Morgan fingerprint density at radius 2 is 1.74 bits per heavy atom. The summed E-state index contributed by atoms with van der Waals surface area (Å²) in [5, 5.41) is 3.34. The zero-order valence-corrected chi connectivity index (χ0v) is 17.5. The van der Waals surface area contributed by atoms with Crippen LogP contribution < -0.4 is 11.1 Å². The molecular formula is C22H37N3O2. The maximum atomic E-state index is 12.6. The van der Waals surface area contributed by atoms with E-state index in [0.717, 1.165) is 44.5 Å². The standard InChI is InChI=1S/C17H25N3O2.C3H6.C2H6/c1-2-11-20(15-7-9-19-10-8-15)16(21)12-13-3-5-14(6-4-13)17(18)22;1-3-2;1-2/h3-6,15,19H,2,7-12H2,1H3,(H2,18,22);3H,1H2,2H3;1-2H3. The highest BCUT2D eigenvalue weighted by molar-refractivity contribution is 5.92. The lowest BCUT2D eigenvalue weighted by Gasteiger charge is -2.34. The highest BCUT2D eigenvalue weighted by Crippen LogP contribution is 2.15. The van der Waals surface area contributed by atoms with Gasteiger partial charge in [0.2, 0.25) is 11.8 Å². The van der Waals surface area contributed by atoms with Gasteiger partial charge in [0.25, 0.3) is 0 Å². The Morgan fingerprint density at radius 3 is 2.19 bits per heavy atom. The second-order valence-electron chi connectivity index (χ2n) is 6.21. The number of rotatable bonds is 6. The summed E-state index contributed by atoms with van der Waals surface area (Å²) in [5.74, 6) is -0.277. The van der Waals surface area contributed by atoms with Crippen molar-refractivity contribution >= 4 is 11.8 Å². The number of allylic oxidation sites excluding steroid dienone is 1. The first-order chi connectivity index (χ1) is 13.0. The van der Waals surface area contributed by atoms with E-state index in [9.17, 15) is 9.59 Å². The molecule has 1 aromatic carbocycles. The lowest BCUT2D eigenvalue weighted by atomic mass is 10.0. The maximum absolute atomic E-state index is 12.6. The van der Waals surface area contributed by atoms with Crippen LogP contribution in [-0.2, 0) is 11.2 Å². The zero-order chi connectivity index (χ0) is 20.7. The molecule has 152 valence electrons. The van der Waals surface area contributed by atoms with Crippen LogP contribution in [0.25, 0.3) is 0 Å². The number of hydrogen-bond acceptors (Lipinski definition) is 3. The third-order valence-electron chi connectivity index (χ3n) is 4.13. The van der Waals surface area contributed by atoms with Crippen LogP contribution in [0, 0.1) is 0 Å². The highest BCUT2D eigenvalue weighted by atomic mass is 16.2. The first-order valence-electron chi connectivity index (χ1n) is 9.99. The molecule has 0 unspecified atom stereocenters. The van der Waals surface area contributed by atoms with Crippen LogP contribution >= 0.6 is 0 Å². The molecule has 5 nitrogen and oxygen atoms in total. The van der Waals surface area contributed by atoms with Gasteiger partial charge in [0, 0.05) is 18.2 Å². The molecule has 1 aliphatic heterocycles. The summed E-state index contributed by atoms with van der Waals surface area (Å²) < 4.78 is 0. The number of primary amides is 1. The molecule has 1 aromatic rings. The van der Waals surface area contributed by atoms with Crippen LogP contribution in [0.1, 0.15) is 62.9 Å². The van der Waals surface area contributed by atoms with E-state index in [-0.39, 0.29) is 5.91 Å². The average Bonchev–Trinajstić information content (AvgIpc) is 2.69. The number of carbonyl (C=O) groups excluding carboxylic acids is 2. The fourth-order valence-corrected chi connectivity index (χ4v) is 2.93. The van der Waals surface area contributed by atoms with E-state index in [1.54, 1.807) is 18.2 Å². The van der Waals surface area contributed by atoms with Crippen molar-refractivity contribution in [1.82, 2.24) is 10.2 Å². The summed E-state index contributed by atoms with van der Waals surface area (Å²) in [6.07, 6.45) is 5.14. The van der Waals surface area contributed by atoms with E-state index in [4.69, 9.17) is 5.73 Å². The molecule has 2 amide bonds. The van der Waals surface area contributed by atoms with Crippen LogP contribution in [-0.4, -0.2) is 42.4 Å². The molecule has 27 heavy (non-hydrogen) atoms. The number of piperidine rings is 1. The van der Waals surface area contributed by atoms with Crippen molar-refractivity contribution in [3.8, 4) is 0 Å². The van der Waals surface area contributed by atoms with Gasteiger partial charge < -0.3 is 16.0 Å². The van der Waals surface area contributed by atoms with E-state index in [1.165, 1.54) is 0 Å². The van der Waals surface area contributed by atoms with E-state index < -0.39 is 5.91 Å². The molecule has 1 saturated heterocycles. The zero-order valence-electron chi connectivity index (χ0n) is 17.5. The van der Waals surface area contributed by atoms with E-state index >= 15 is 0 Å². The van der Waals surface area contributed by atoms with Crippen LogP contribution in [0.4, 0.5) is 0 Å². The molecule has 0 aliphatic carbocycles. The minimum Gasteiger partial charge on any atom is -0.366 e. The van der Waals surface area contributed by atoms with Crippen molar-refractivity contribution < 1.29 is 9.59 Å². The summed E-state index contributed by atoms with van der Waals surface area (Å²) in [6, 6.07) is 7.33. The maximum Gasteiger partial charge on any atom is 0.248 e. The van der Waals surface area contributed by atoms with Crippen molar-refractivity contribution in [3.63, 3.8) is 0 Å². The third kappa shape index (κ3) is 9.38. The summed E-state index contributed by atoms with van der Waals surface area (Å²) in [5.41, 5.74) is 6.62. The number of nitrogens with one attached hydrogen (secondary N) is 1. The molecule has 0 spiro atoms. The molecule has 5 heteroatoms. The molecule has 0 radical (unpaired) electrons. The number of hydrogen-bond donors (Lipinski definition) is 2. The Hall–Kier alpha value is -2.14. The number of benzene rings is 1. The second-order valence-corrected chi connectivity index (χ2v) is 6.21. The predicted molar refractivity (Wildman–Crippen MR) is 114 cm³/mol. The monoisotopic (exact) mass is 375 g/mol. The van der Waals surface area contributed by atoms with Gasteiger partial charge in [-0.25, -0.2) is 0 Å². The van der Waals surface area contributed by atoms with Crippen molar-refractivity contribution in [2.24, 2.45) is 5.73 Å². The van der Waals surface area contributed by atoms with Gasteiger partial charge in [-0.15, -0.1) is 6.58 Å². The van der Waals surface area contributed by atoms with Gasteiger partial charge in [-0.3, -0.25) is 9.59 Å². The minimum absolute atomic E-state index is 0.167. The van der Waals surface area contributed by atoms with Crippen molar-refractivity contribution in [2.45, 2.75) is 59.4 Å². The predicted octanol–water partition coefficient (Wildman–Crippen LogP) is 3.54. The van der Waals surface area contributed by atoms with E-state index in [0.29, 0.717) is 18.0 Å². The van der Waals surface area contributed by atoms with Gasteiger partial charge in [0.1, 0.15) is 0 Å². The fraction of sp³-hybridized carbons (Fsp3) is 0.545. The van der Waals surface area contributed by atoms with Gasteiger partial charge in [-0.2, -0.15) is 0 Å². The summed E-state index contributed by atoms with van der Waals surface area (Å²) in [6.45, 7) is 14.1. The molecule has 0 saturated carbocycles. The Labute approximate surface area is 165 Å². The number of nitrogens with zero attached hydrogens (tertiary/aromatic N) is 1. The van der Waals surface area contributed by atoms with E-state index in [2.05, 4.69) is 18.8 Å². The van der Waals surface area contributed by atoms with Crippen LogP contribution in [0.5, 0.6) is 0 Å². The Kier molecular flexibility index (Phi) is 13.8. The number of carbonyl (C=O) groups is 2. The molecular weight excluding hydrogens is 338 g/mol. The molecule has 1 fully saturated rings. The SMILES string of the molecule is C=CC.CC.CCCN(C(=O)Cc1ccc(C(N)=O)cc1)C1CCNCC1. The van der Waals surface area contributed by atoms with Crippen molar-refractivity contribution in [3.05, 3.63) is 48.0 Å². The Bertz CT molecular complexity index is 549. The molecule has 3 N–H and O–H groups in total. The van der Waals surface area contributed by atoms with Crippen molar-refractivity contribution in [2.75, 3.05) is 19.6 Å². The van der Waals surface area contributed by atoms with Gasteiger partial charge in [0.15, 0.2) is 0 Å². The highest BCUT2D eigenvalue weighted by Gasteiger charge is 2.24. The largest absolute Gasteiger partial charge is 0.366 e. The lowest BCUT2D eigenvalue weighted by Crippen LogP contribution is -2.47. The first-order valence-corrected chi connectivity index (χ1v) is 9.99. The summed E-state index contributed by atoms with van der Waals surface area (Å²) in [4.78, 5) is 25.7. The molecule has 0 bridgehead atoms. The van der Waals surface area contributed by atoms with Crippen LogP contribution in [0.2, 0.25) is 0 Å². The van der Waals surface area contributed by atoms with E-state index in [1.807, 2.05) is 37.8 Å². The van der Waals surface area contributed by atoms with Crippen LogP contribution in [0.15, 0.2) is 36.9 Å². The topological polar surface area (TPSA) is 75.4 Å². The summed E-state index contributed by atoms with van der Waals surface area (Å²) in [7, 11) is 0. The summed E-state index contributed by atoms with van der Waals surface area (Å²) >= 11 is 0. The Morgan fingerprint density at radius 1 is 1.22 bits per heavy atom. The van der Waals surface area contributed by atoms with Crippen molar-refractivity contribution in [1.29, 1.82) is 0 Å². The molecule has 1 aliphatic rings. The quantitative estimate of drug-likeness (QED) is 0.747. The molecule has 2 rings (SSSR count). The normalized spacial score (nSPS) is 13.3. The average molecular weight is 376 g/mol. The minimum atomic E-state index is -0.444. The van der Waals surface area contributed by atoms with Gasteiger partial charge in [-0.05, 0) is 57.0 Å². The number of amides is 2. The molecule has 0 atom stereocenters. The van der Waals surface area contributed by atoms with Gasteiger partial charge in [-0.1, -0.05) is 39.0 Å². The second kappa shape index (κ2) is 15.0. The third-order valence-corrected chi connectivity index (χ3v) is 4.13. The molecule has 0 aromatic heterocycles. The number of nitrogens with two attached hydrogens (primary N) is 1. The Balaban J connectivity index is 0.00000123. The molecule has 1 heterocycles. The smallest absolute Gasteiger partial charge is 0.248 e. The van der Waals surface area contributed by atoms with Gasteiger partial charge in [0.05, 0.1) is 6.42 Å². The van der Waals surface area contributed by atoms with Crippen LogP contribution in [0.3, 0.4) is 0 Å². The van der Waals surface area contributed by atoms with Gasteiger partial charge >= 0.3 is 0 Å². The lowest BCUT2D eigenvalue weighted by molar-refractivity contribution is -0.133.